The number of rotatable bonds is 4. The zero-order valence-electron chi connectivity index (χ0n) is 10.9. The second-order valence-electron chi connectivity index (χ2n) is 4.86. The molecule has 0 bridgehead atoms. The first-order valence-electron chi connectivity index (χ1n) is 6.57. The highest BCUT2D eigenvalue weighted by atomic mass is 16.5. The van der Waals surface area contributed by atoms with Gasteiger partial charge in [-0.25, -0.2) is 4.79 Å². The molecule has 0 spiro atoms. The minimum atomic E-state index is -1.03. The van der Waals surface area contributed by atoms with Gasteiger partial charge >= 0.3 is 5.97 Å². The van der Waals surface area contributed by atoms with Gasteiger partial charge in [0.2, 0.25) is 0 Å². The number of nitrogens with zero attached hydrogens (tertiary/aromatic N) is 1. The van der Waals surface area contributed by atoms with Crippen molar-refractivity contribution in [1.82, 2.24) is 4.98 Å². The first kappa shape index (κ1) is 12.9. The van der Waals surface area contributed by atoms with E-state index in [2.05, 4.69) is 4.98 Å². The summed E-state index contributed by atoms with van der Waals surface area (Å²) in [6.07, 6.45) is 2.30. The van der Waals surface area contributed by atoms with Gasteiger partial charge in [-0.05, 0) is 18.6 Å². The molecule has 1 N–H and O–H groups in total. The summed E-state index contributed by atoms with van der Waals surface area (Å²) in [6.45, 7) is 1.89. The first-order chi connectivity index (χ1) is 9.75. The fourth-order valence-corrected chi connectivity index (χ4v) is 2.34. The minimum Gasteiger partial charge on any atom is -0.492 e. The molecule has 0 radical (unpaired) electrons. The maximum atomic E-state index is 11.3. The first-order valence-corrected chi connectivity index (χ1v) is 6.57. The lowest BCUT2D eigenvalue weighted by atomic mass is 10.1. The van der Waals surface area contributed by atoms with Gasteiger partial charge in [-0.3, -0.25) is 4.98 Å². The van der Waals surface area contributed by atoms with Crippen molar-refractivity contribution in [3.63, 3.8) is 0 Å². The Hall–Kier alpha value is -2.14. The second kappa shape index (κ2) is 5.46. The fourth-order valence-electron chi connectivity index (χ4n) is 2.34. The van der Waals surface area contributed by atoms with Crippen LogP contribution in [0.1, 0.15) is 16.8 Å². The van der Waals surface area contributed by atoms with Crippen LogP contribution >= 0.6 is 0 Å². The number of para-hydroxylation sites is 1. The second-order valence-corrected chi connectivity index (χ2v) is 4.86. The Balaban J connectivity index is 1.96. The molecule has 5 nitrogen and oxygen atoms in total. The highest BCUT2D eigenvalue weighted by molar-refractivity contribution is 5.98. The Morgan fingerprint density at radius 3 is 3.05 bits per heavy atom. The number of fused-ring (bicyclic) bond motifs is 1. The third kappa shape index (κ3) is 2.44. The lowest BCUT2D eigenvalue weighted by Crippen LogP contribution is -2.14. The zero-order valence-corrected chi connectivity index (χ0v) is 10.9. The molecule has 2 heterocycles. The van der Waals surface area contributed by atoms with Crippen molar-refractivity contribution in [3.8, 4) is 5.75 Å². The predicted molar refractivity (Wildman–Crippen MR) is 73.1 cm³/mol. The van der Waals surface area contributed by atoms with Crippen molar-refractivity contribution in [2.75, 3.05) is 19.8 Å². The Morgan fingerprint density at radius 1 is 1.45 bits per heavy atom. The molecule has 0 amide bonds. The number of aromatic carboxylic acids is 1. The van der Waals surface area contributed by atoms with E-state index in [0.29, 0.717) is 24.9 Å². The number of carboxylic acids is 1. The third-order valence-corrected chi connectivity index (χ3v) is 3.44. The summed E-state index contributed by atoms with van der Waals surface area (Å²) >= 11 is 0. The third-order valence-electron chi connectivity index (χ3n) is 3.44. The number of carbonyl (C=O) groups is 1. The molecule has 104 valence electrons. The van der Waals surface area contributed by atoms with E-state index < -0.39 is 5.97 Å². The molecule has 1 aromatic heterocycles. The maximum Gasteiger partial charge on any atom is 0.341 e. The van der Waals surface area contributed by atoms with Crippen LogP contribution in [-0.2, 0) is 4.74 Å². The van der Waals surface area contributed by atoms with E-state index in [-0.39, 0.29) is 5.56 Å². The highest BCUT2D eigenvalue weighted by Gasteiger charge is 2.20. The number of aromatic nitrogens is 1. The quantitative estimate of drug-likeness (QED) is 0.926. The monoisotopic (exact) mass is 273 g/mol. The molecule has 1 unspecified atom stereocenters. The SMILES string of the molecule is O=C(O)c1cnc2ccccc2c1OCC1CCOC1. The number of carboxylic acid groups (broad SMARTS) is 1. The topological polar surface area (TPSA) is 68.7 Å². The summed E-state index contributed by atoms with van der Waals surface area (Å²) in [4.78, 5) is 15.5. The number of pyridine rings is 1. The highest BCUT2D eigenvalue weighted by Crippen LogP contribution is 2.29. The number of benzene rings is 1. The van der Waals surface area contributed by atoms with Gasteiger partial charge in [0.05, 0.1) is 18.7 Å². The van der Waals surface area contributed by atoms with Crippen LogP contribution in [-0.4, -0.2) is 35.9 Å². The van der Waals surface area contributed by atoms with Gasteiger partial charge in [0.25, 0.3) is 0 Å². The summed E-state index contributed by atoms with van der Waals surface area (Å²) in [7, 11) is 0. The Kier molecular flexibility index (Phi) is 3.52. The molecule has 2 aromatic rings. The van der Waals surface area contributed by atoms with Gasteiger partial charge in [0, 0.05) is 24.1 Å². The molecule has 5 heteroatoms. The average Bonchev–Trinajstić information content (AvgIpc) is 2.97. The van der Waals surface area contributed by atoms with E-state index in [9.17, 15) is 9.90 Å². The largest absolute Gasteiger partial charge is 0.492 e. The van der Waals surface area contributed by atoms with Gasteiger partial charge in [-0.15, -0.1) is 0 Å². The summed E-state index contributed by atoms with van der Waals surface area (Å²) in [5.41, 5.74) is 0.831. The number of hydrogen-bond acceptors (Lipinski definition) is 4. The van der Waals surface area contributed by atoms with Gasteiger partial charge in [-0.2, -0.15) is 0 Å². The van der Waals surface area contributed by atoms with Crippen LogP contribution in [0.5, 0.6) is 5.75 Å². The van der Waals surface area contributed by atoms with Crippen molar-refractivity contribution in [1.29, 1.82) is 0 Å². The van der Waals surface area contributed by atoms with Crippen LogP contribution in [0.3, 0.4) is 0 Å². The maximum absolute atomic E-state index is 11.3. The fraction of sp³-hybridized carbons (Fsp3) is 0.333. The van der Waals surface area contributed by atoms with E-state index in [4.69, 9.17) is 9.47 Å². The molecule has 0 aliphatic carbocycles. The molecule has 1 fully saturated rings. The van der Waals surface area contributed by atoms with Crippen LogP contribution in [0.15, 0.2) is 30.5 Å². The number of hydrogen-bond donors (Lipinski definition) is 1. The van der Waals surface area contributed by atoms with Gasteiger partial charge in [0.15, 0.2) is 0 Å². The van der Waals surface area contributed by atoms with E-state index >= 15 is 0 Å². The van der Waals surface area contributed by atoms with Crippen LogP contribution in [0.4, 0.5) is 0 Å². The molecule has 1 aliphatic heterocycles. The van der Waals surface area contributed by atoms with E-state index in [0.717, 1.165) is 23.9 Å². The summed E-state index contributed by atoms with van der Waals surface area (Å²) in [5.74, 6) is -0.306. The molecule has 20 heavy (non-hydrogen) atoms. The smallest absolute Gasteiger partial charge is 0.341 e. The Morgan fingerprint density at radius 2 is 2.30 bits per heavy atom. The Labute approximate surface area is 116 Å². The lowest BCUT2D eigenvalue weighted by molar-refractivity contribution is 0.0691. The van der Waals surface area contributed by atoms with Gasteiger partial charge in [-0.1, -0.05) is 12.1 Å². The van der Waals surface area contributed by atoms with Crippen LogP contribution < -0.4 is 4.74 Å². The van der Waals surface area contributed by atoms with Gasteiger partial charge < -0.3 is 14.6 Å². The molecule has 1 aliphatic rings. The van der Waals surface area contributed by atoms with Crippen molar-refractivity contribution in [3.05, 3.63) is 36.0 Å². The van der Waals surface area contributed by atoms with Crippen LogP contribution in [0.25, 0.3) is 10.9 Å². The summed E-state index contributed by atoms with van der Waals surface area (Å²) < 4.78 is 11.1. The number of ether oxygens (including phenoxy) is 2. The summed E-state index contributed by atoms with van der Waals surface area (Å²) in [5, 5.41) is 10.0. The molecule has 3 rings (SSSR count). The van der Waals surface area contributed by atoms with Crippen molar-refractivity contribution in [2.24, 2.45) is 5.92 Å². The predicted octanol–water partition coefficient (Wildman–Crippen LogP) is 2.35. The van der Waals surface area contributed by atoms with E-state index in [1.807, 2.05) is 24.3 Å². The lowest BCUT2D eigenvalue weighted by Gasteiger charge is -2.14. The summed E-state index contributed by atoms with van der Waals surface area (Å²) in [6, 6.07) is 7.38. The standard InChI is InChI=1S/C15H15NO4/c17-15(18)12-7-16-13-4-2-1-3-11(13)14(12)20-9-10-5-6-19-8-10/h1-4,7,10H,5-6,8-9H2,(H,17,18). The average molecular weight is 273 g/mol. The zero-order chi connectivity index (χ0) is 13.9. The van der Waals surface area contributed by atoms with E-state index in [1.54, 1.807) is 0 Å². The normalized spacial score (nSPS) is 18.3. The van der Waals surface area contributed by atoms with Crippen molar-refractivity contribution < 1.29 is 19.4 Å². The molecule has 1 aromatic carbocycles. The molecular weight excluding hydrogens is 258 g/mol. The van der Waals surface area contributed by atoms with Crippen LogP contribution in [0, 0.1) is 5.92 Å². The minimum absolute atomic E-state index is 0.0996. The van der Waals surface area contributed by atoms with Gasteiger partial charge in [0.1, 0.15) is 11.3 Å². The molecular formula is C15H15NO4. The van der Waals surface area contributed by atoms with E-state index in [1.165, 1.54) is 6.20 Å². The molecule has 1 saturated heterocycles. The van der Waals surface area contributed by atoms with Crippen molar-refractivity contribution >= 4 is 16.9 Å². The van der Waals surface area contributed by atoms with Crippen molar-refractivity contribution in [2.45, 2.75) is 6.42 Å². The molecule has 1 atom stereocenters. The molecule has 0 saturated carbocycles. The van der Waals surface area contributed by atoms with Crippen LogP contribution in [0.2, 0.25) is 0 Å². The Bertz CT molecular complexity index is 635.